The Kier molecular flexibility index (Phi) is 3.32. The molecule has 0 atom stereocenters. The van der Waals surface area contributed by atoms with Gasteiger partial charge in [-0.1, -0.05) is 0 Å². The summed E-state index contributed by atoms with van der Waals surface area (Å²) in [5.74, 6) is -0.651. The van der Waals surface area contributed by atoms with E-state index in [1.165, 1.54) is 23.1 Å². The molecule has 2 rings (SSSR count). The highest BCUT2D eigenvalue weighted by atomic mass is 19.1. The maximum Gasteiger partial charge on any atom is 0.254 e. The third-order valence-corrected chi connectivity index (χ3v) is 3.16. The normalized spacial score (nSPS) is 16.1. The minimum Gasteiger partial charge on any atom is -0.342 e. The van der Waals surface area contributed by atoms with Crippen molar-refractivity contribution in [2.45, 2.75) is 6.92 Å². The van der Waals surface area contributed by atoms with Crippen LogP contribution in [0.15, 0.2) is 18.2 Å². The zero-order chi connectivity index (χ0) is 13.3. The van der Waals surface area contributed by atoms with Crippen LogP contribution in [0.4, 0.5) is 4.39 Å². The van der Waals surface area contributed by atoms with E-state index in [-0.39, 0.29) is 24.2 Å². The van der Waals surface area contributed by atoms with Crippen LogP contribution < -0.4 is 0 Å². The molecule has 0 N–H and O–H groups in total. The highest BCUT2D eigenvalue weighted by Crippen LogP contribution is 2.14. The fraction of sp³-hybridized carbons (Fsp3) is 0.385. The maximum absolute atomic E-state index is 13.0. The molecule has 1 saturated heterocycles. The number of amides is 2. The number of hydrogen-bond acceptors (Lipinski definition) is 2. The summed E-state index contributed by atoms with van der Waals surface area (Å²) >= 11 is 0. The summed E-state index contributed by atoms with van der Waals surface area (Å²) in [5.41, 5.74) is 1.04. The Morgan fingerprint density at radius 2 is 2.06 bits per heavy atom. The van der Waals surface area contributed by atoms with Gasteiger partial charge in [0, 0.05) is 25.7 Å². The number of likely N-dealkylation sites (N-methyl/N-ethyl adjacent to an activating group) is 1. The molecule has 1 aliphatic heterocycles. The van der Waals surface area contributed by atoms with Gasteiger partial charge in [0.05, 0.1) is 0 Å². The molecule has 1 heterocycles. The van der Waals surface area contributed by atoms with Gasteiger partial charge in [-0.2, -0.15) is 0 Å². The largest absolute Gasteiger partial charge is 0.342 e. The SMILES string of the molecule is Cc1cc(F)ccc1C(=O)N1CCN(C)C(=O)C1. The average molecular weight is 250 g/mol. The molecule has 1 aromatic rings. The Morgan fingerprint density at radius 1 is 1.33 bits per heavy atom. The van der Waals surface area contributed by atoms with Crippen molar-refractivity contribution < 1.29 is 14.0 Å². The van der Waals surface area contributed by atoms with E-state index in [1.54, 1.807) is 18.9 Å². The van der Waals surface area contributed by atoms with Crippen molar-refractivity contribution in [2.24, 2.45) is 0 Å². The molecule has 0 unspecified atom stereocenters. The molecule has 1 aliphatic rings. The van der Waals surface area contributed by atoms with Crippen LogP contribution in [-0.4, -0.2) is 48.3 Å². The molecule has 0 spiro atoms. The summed E-state index contributed by atoms with van der Waals surface area (Å²) in [6, 6.07) is 4.05. The van der Waals surface area contributed by atoms with Crippen molar-refractivity contribution in [1.82, 2.24) is 9.80 Å². The van der Waals surface area contributed by atoms with Crippen LogP contribution in [-0.2, 0) is 4.79 Å². The van der Waals surface area contributed by atoms with Crippen LogP contribution in [0.3, 0.4) is 0 Å². The molecule has 4 nitrogen and oxygen atoms in total. The number of halogens is 1. The molecule has 2 amide bonds. The number of benzene rings is 1. The van der Waals surface area contributed by atoms with Crippen LogP contribution >= 0.6 is 0 Å². The Hall–Kier alpha value is -1.91. The molecule has 5 heteroatoms. The van der Waals surface area contributed by atoms with Gasteiger partial charge in [0.2, 0.25) is 5.91 Å². The minimum atomic E-state index is -0.362. The zero-order valence-electron chi connectivity index (χ0n) is 10.4. The summed E-state index contributed by atoms with van der Waals surface area (Å²) in [5, 5.41) is 0. The van der Waals surface area contributed by atoms with Gasteiger partial charge in [0.15, 0.2) is 0 Å². The molecule has 96 valence electrons. The van der Waals surface area contributed by atoms with Gasteiger partial charge >= 0.3 is 0 Å². The van der Waals surface area contributed by atoms with Crippen LogP contribution in [0.5, 0.6) is 0 Å². The van der Waals surface area contributed by atoms with E-state index in [0.29, 0.717) is 24.2 Å². The summed E-state index contributed by atoms with van der Waals surface area (Å²) in [7, 11) is 1.72. The predicted molar refractivity (Wildman–Crippen MR) is 64.7 cm³/mol. The molecule has 1 aromatic carbocycles. The number of hydrogen-bond donors (Lipinski definition) is 0. The molecule has 0 aromatic heterocycles. The lowest BCUT2D eigenvalue weighted by atomic mass is 10.1. The smallest absolute Gasteiger partial charge is 0.254 e. The Morgan fingerprint density at radius 3 is 2.67 bits per heavy atom. The molecule has 0 radical (unpaired) electrons. The molecule has 0 aliphatic carbocycles. The second-order valence-electron chi connectivity index (χ2n) is 4.50. The Labute approximate surface area is 105 Å². The van der Waals surface area contributed by atoms with Crippen molar-refractivity contribution in [1.29, 1.82) is 0 Å². The van der Waals surface area contributed by atoms with E-state index in [9.17, 15) is 14.0 Å². The molecule has 1 fully saturated rings. The minimum absolute atomic E-state index is 0.0747. The lowest BCUT2D eigenvalue weighted by molar-refractivity contribution is -0.133. The molecule has 0 bridgehead atoms. The van der Waals surface area contributed by atoms with Crippen molar-refractivity contribution in [3.8, 4) is 0 Å². The number of piperazine rings is 1. The van der Waals surface area contributed by atoms with E-state index < -0.39 is 0 Å². The van der Waals surface area contributed by atoms with E-state index in [0.717, 1.165) is 0 Å². The van der Waals surface area contributed by atoms with E-state index in [2.05, 4.69) is 0 Å². The summed E-state index contributed by atoms with van der Waals surface area (Å²) in [6.45, 7) is 2.82. The van der Waals surface area contributed by atoms with Gasteiger partial charge in [-0.25, -0.2) is 4.39 Å². The number of rotatable bonds is 1. The van der Waals surface area contributed by atoms with Crippen molar-refractivity contribution in [3.63, 3.8) is 0 Å². The second kappa shape index (κ2) is 4.76. The number of nitrogens with zero attached hydrogens (tertiary/aromatic N) is 2. The van der Waals surface area contributed by atoms with Gasteiger partial charge in [0.1, 0.15) is 12.4 Å². The van der Waals surface area contributed by atoms with Crippen LogP contribution in [0.1, 0.15) is 15.9 Å². The summed E-state index contributed by atoms with van der Waals surface area (Å²) < 4.78 is 13.0. The first-order valence-electron chi connectivity index (χ1n) is 5.78. The number of carbonyl (C=O) groups is 2. The van der Waals surface area contributed by atoms with Gasteiger partial charge in [-0.3, -0.25) is 9.59 Å². The first-order chi connectivity index (χ1) is 8.49. The lowest BCUT2D eigenvalue weighted by Crippen LogP contribution is -2.50. The predicted octanol–water partition coefficient (Wildman–Crippen LogP) is 1.05. The van der Waals surface area contributed by atoms with Crippen molar-refractivity contribution >= 4 is 11.8 Å². The highest BCUT2D eigenvalue weighted by Gasteiger charge is 2.26. The van der Waals surface area contributed by atoms with Gasteiger partial charge in [-0.05, 0) is 30.7 Å². The third kappa shape index (κ3) is 2.34. The third-order valence-electron chi connectivity index (χ3n) is 3.16. The number of carbonyl (C=O) groups excluding carboxylic acids is 2. The fourth-order valence-corrected chi connectivity index (χ4v) is 1.97. The topological polar surface area (TPSA) is 40.6 Å². The van der Waals surface area contributed by atoms with Crippen molar-refractivity contribution in [3.05, 3.63) is 35.1 Å². The lowest BCUT2D eigenvalue weighted by Gasteiger charge is -2.32. The van der Waals surface area contributed by atoms with Gasteiger partial charge in [0.25, 0.3) is 5.91 Å². The zero-order valence-corrected chi connectivity index (χ0v) is 10.4. The van der Waals surface area contributed by atoms with Crippen LogP contribution in [0.25, 0.3) is 0 Å². The van der Waals surface area contributed by atoms with Gasteiger partial charge < -0.3 is 9.80 Å². The van der Waals surface area contributed by atoms with E-state index in [4.69, 9.17) is 0 Å². The molecule has 18 heavy (non-hydrogen) atoms. The first-order valence-corrected chi connectivity index (χ1v) is 5.78. The van der Waals surface area contributed by atoms with Crippen LogP contribution in [0.2, 0.25) is 0 Å². The monoisotopic (exact) mass is 250 g/mol. The number of aryl methyl sites for hydroxylation is 1. The van der Waals surface area contributed by atoms with Gasteiger partial charge in [-0.15, -0.1) is 0 Å². The molecule has 0 saturated carbocycles. The summed E-state index contributed by atoms with van der Waals surface area (Å²) in [4.78, 5) is 26.9. The Bertz CT molecular complexity index is 502. The standard InChI is InChI=1S/C13H15FN2O2/c1-9-7-10(14)3-4-11(9)13(18)16-6-5-15(2)12(17)8-16/h3-4,7H,5-6,8H2,1-2H3. The summed E-state index contributed by atoms with van der Waals surface area (Å²) in [6.07, 6.45) is 0. The second-order valence-corrected chi connectivity index (χ2v) is 4.50. The fourth-order valence-electron chi connectivity index (χ4n) is 1.97. The quantitative estimate of drug-likeness (QED) is 0.747. The van der Waals surface area contributed by atoms with E-state index >= 15 is 0 Å². The maximum atomic E-state index is 13.0. The molecular formula is C13H15FN2O2. The highest BCUT2D eigenvalue weighted by molar-refractivity contribution is 5.98. The first kappa shape index (κ1) is 12.5. The van der Waals surface area contributed by atoms with E-state index in [1.807, 2.05) is 0 Å². The molecular weight excluding hydrogens is 235 g/mol. The van der Waals surface area contributed by atoms with Crippen molar-refractivity contribution in [2.75, 3.05) is 26.7 Å². The van der Waals surface area contributed by atoms with Crippen LogP contribution in [0, 0.1) is 12.7 Å². The Balaban J connectivity index is 2.19. The average Bonchev–Trinajstić information content (AvgIpc) is 2.32.